The van der Waals surface area contributed by atoms with Crippen LogP contribution in [0.25, 0.3) is 0 Å². The molecule has 2 aromatic rings. The third-order valence-electron chi connectivity index (χ3n) is 6.26. The van der Waals surface area contributed by atoms with E-state index in [2.05, 4.69) is 20.9 Å². The average molecular weight is 413 g/mol. The summed E-state index contributed by atoms with van der Waals surface area (Å²) >= 11 is 5.89. The zero-order chi connectivity index (χ0) is 20.1. The summed E-state index contributed by atoms with van der Waals surface area (Å²) in [6.45, 7) is 2.17. The number of nitrogens with one attached hydrogen (secondary N) is 3. The molecular formula is C23H29ClN4O. The van der Waals surface area contributed by atoms with E-state index in [0.717, 1.165) is 18.8 Å². The minimum Gasteiger partial charge on any atom is -0.381 e. The predicted octanol–water partition coefficient (Wildman–Crippen LogP) is 4.96. The number of piperidine rings is 1. The maximum atomic E-state index is 13.0. The Kier molecular flexibility index (Phi) is 6.67. The zero-order valence-corrected chi connectivity index (χ0v) is 17.4. The lowest BCUT2D eigenvalue weighted by Crippen LogP contribution is -2.41. The van der Waals surface area contributed by atoms with Crippen LogP contribution in [-0.2, 0) is 0 Å². The topological polar surface area (TPSA) is 66.0 Å². The first-order chi connectivity index (χ1) is 14.2. The van der Waals surface area contributed by atoms with E-state index in [9.17, 15) is 4.79 Å². The van der Waals surface area contributed by atoms with Gasteiger partial charge in [0.05, 0.1) is 10.6 Å². The van der Waals surface area contributed by atoms with Gasteiger partial charge in [-0.1, -0.05) is 36.6 Å². The van der Waals surface area contributed by atoms with Crippen LogP contribution in [0.1, 0.15) is 48.9 Å². The van der Waals surface area contributed by atoms with E-state index in [1.807, 2.05) is 24.3 Å². The standard InChI is InChI=1S/C23H29ClN4O/c24-18-9-10-21(26-15-18)28-23(29)19-7-3-4-8-20(19)27-22(16-5-1-2-6-16)17-11-13-25-14-12-17/h3-4,7-10,15-17,22,25,27H,1-2,5-6,11-14H2,(H,26,28,29). The summed E-state index contributed by atoms with van der Waals surface area (Å²) in [6.07, 6.45) is 9.12. The van der Waals surface area contributed by atoms with Crippen molar-refractivity contribution in [3.8, 4) is 0 Å². The number of pyridine rings is 1. The number of halogens is 1. The van der Waals surface area contributed by atoms with Crippen molar-refractivity contribution >= 4 is 29.0 Å². The van der Waals surface area contributed by atoms with Crippen molar-refractivity contribution in [2.24, 2.45) is 11.8 Å². The van der Waals surface area contributed by atoms with Gasteiger partial charge in [0.2, 0.25) is 0 Å². The highest BCUT2D eigenvalue weighted by atomic mass is 35.5. The normalized spacial score (nSPS) is 19.1. The smallest absolute Gasteiger partial charge is 0.258 e. The van der Waals surface area contributed by atoms with Gasteiger partial charge in [-0.05, 0) is 74.9 Å². The van der Waals surface area contributed by atoms with Gasteiger partial charge in [0, 0.05) is 17.9 Å². The largest absolute Gasteiger partial charge is 0.381 e. The molecule has 3 N–H and O–H groups in total. The van der Waals surface area contributed by atoms with Gasteiger partial charge in [-0.3, -0.25) is 4.79 Å². The number of para-hydroxylation sites is 1. The van der Waals surface area contributed by atoms with Crippen LogP contribution < -0.4 is 16.0 Å². The van der Waals surface area contributed by atoms with Crippen molar-refractivity contribution in [3.05, 3.63) is 53.2 Å². The Morgan fingerprint density at radius 3 is 2.48 bits per heavy atom. The number of aromatic nitrogens is 1. The molecule has 29 heavy (non-hydrogen) atoms. The maximum Gasteiger partial charge on any atom is 0.258 e. The van der Waals surface area contributed by atoms with Crippen molar-refractivity contribution < 1.29 is 4.79 Å². The number of amides is 1. The lowest BCUT2D eigenvalue weighted by Gasteiger charge is -2.36. The lowest BCUT2D eigenvalue weighted by molar-refractivity contribution is 0.102. The van der Waals surface area contributed by atoms with Gasteiger partial charge >= 0.3 is 0 Å². The van der Waals surface area contributed by atoms with Crippen molar-refractivity contribution in [1.29, 1.82) is 0 Å². The molecule has 1 aromatic carbocycles. The summed E-state index contributed by atoms with van der Waals surface area (Å²) in [5, 5.41) is 10.7. The van der Waals surface area contributed by atoms with E-state index in [1.165, 1.54) is 44.7 Å². The van der Waals surface area contributed by atoms with Crippen LogP contribution in [0.4, 0.5) is 11.5 Å². The summed E-state index contributed by atoms with van der Waals surface area (Å²) in [6, 6.07) is 11.7. The van der Waals surface area contributed by atoms with Crippen molar-refractivity contribution in [2.45, 2.75) is 44.6 Å². The van der Waals surface area contributed by atoms with E-state index in [4.69, 9.17) is 11.6 Å². The molecule has 1 atom stereocenters. The summed E-state index contributed by atoms with van der Waals surface area (Å²) in [4.78, 5) is 17.1. The van der Waals surface area contributed by atoms with Gasteiger partial charge in [0.1, 0.15) is 5.82 Å². The maximum absolute atomic E-state index is 13.0. The number of carbonyl (C=O) groups is 1. The molecule has 1 aliphatic carbocycles. The van der Waals surface area contributed by atoms with E-state index in [0.29, 0.717) is 34.3 Å². The van der Waals surface area contributed by atoms with Gasteiger partial charge in [0.25, 0.3) is 5.91 Å². The van der Waals surface area contributed by atoms with Crippen molar-refractivity contribution in [3.63, 3.8) is 0 Å². The van der Waals surface area contributed by atoms with Crippen molar-refractivity contribution in [1.82, 2.24) is 10.3 Å². The second-order valence-corrected chi connectivity index (χ2v) is 8.60. The molecule has 1 saturated heterocycles. The molecule has 2 aliphatic rings. The average Bonchev–Trinajstić information content (AvgIpc) is 3.29. The third-order valence-corrected chi connectivity index (χ3v) is 6.49. The summed E-state index contributed by atoms with van der Waals surface area (Å²) in [5.41, 5.74) is 1.57. The van der Waals surface area contributed by atoms with Crippen LogP contribution in [0.2, 0.25) is 5.02 Å². The third kappa shape index (κ3) is 5.09. The van der Waals surface area contributed by atoms with E-state index in [-0.39, 0.29) is 5.91 Å². The first kappa shape index (κ1) is 20.2. The summed E-state index contributed by atoms with van der Waals surface area (Å²) < 4.78 is 0. The molecule has 4 rings (SSSR count). The quantitative estimate of drug-likeness (QED) is 0.627. The Hall–Kier alpha value is -2.11. The minimum atomic E-state index is -0.154. The molecule has 1 aromatic heterocycles. The van der Waals surface area contributed by atoms with Crippen LogP contribution in [0, 0.1) is 11.8 Å². The molecule has 5 nitrogen and oxygen atoms in total. The predicted molar refractivity (Wildman–Crippen MR) is 119 cm³/mol. The molecule has 0 spiro atoms. The van der Waals surface area contributed by atoms with Crippen LogP contribution >= 0.6 is 11.6 Å². The van der Waals surface area contributed by atoms with Gasteiger partial charge in [-0.15, -0.1) is 0 Å². The van der Waals surface area contributed by atoms with E-state index < -0.39 is 0 Å². The zero-order valence-electron chi connectivity index (χ0n) is 16.7. The molecule has 0 radical (unpaired) electrons. The number of hydrogen-bond acceptors (Lipinski definition) is 4. The second-order valence-electron chi connectivity index (χ2n) is 8.16. The Morgan fingerprint density at radius 1 is 1.03 bits per heavy atom. The molecule has 154 valence electrons. The van der Waals surface area contributed by atoms with Crippen LogP contribution in [0.3, 0.4) is 0 Å². The van der Waals surface area contributed by atoms with Gasteiger partial charge < -0.3 is 16.0 Å². The summed E-state index contributed by atoms with van der Waals surface area (Å²) in [5.74, 6) is 1.68. The Morgan fingerprint density at radius 2 is 1.76 bits per heavy atom. The van der Waals surface area contributed by atoms with Gasteiger partial charge in [0.15, 0.2) is 0 Å². The van der Waals surface area contributed by atoms with Crippen molar-refractivity contribution in [2.75, 3.05) is 23.7 Å². The SMILES string of the molecule is O=C(Nc1ccc(Cl)cn1)c1ccccc1NC(C1CCCC1)C1CCNCC1. The molecule has 0 bridgehead atoms. The molecular weight excluding hydrogens is 384 g/mol. The molecule has 1 aliphatic heterocycles. The van der Waals surface area contributed by atoms with Crippen LogP contribution in [0.15, 0.2) is 42.6 Å². The Bertz CT molecular complexity index is 814. The Balaban J connectivity index is 1.53. The molecule has 2 heterocycles. The lowest BCUT2D eigenvalue weighted by atomic mass is 9.81. The highest BCUT2D eigenvalue weighted by Gasteiger charge is 2.33. The van der Waals surface area contributed by atoms with E-state index in [1.54, 1.807) is 12.1 Å². The molecule has 1 saturated carbocycles. The molecule has 2 fully saturated rings. The monoisotopic (exact) mass is 412 g/mol. The van der Waals surface area contributed by atoms with Gasteiger partial charge in [-0.25, -0.2) is 4.98 Å². The highest BCUT2D eigenvalue weighted by molar-refractivity contribution is 6.30. The number of rotatable bonds is 6. The second kappa shape index (κ2) is 9.59. The van der Waals surface area contributed by atoms with E-state index >= 15 is 0 Å². The number of carbonyl (C=O) groups excluding carboxylic acids is 1. The Labute approximate surface area is 177 Å². The fraction of sp³-hybridized carbons (Fsp3) is 0.478. The van der Waals surface area contributed by atoms with Crippen LogP contribution in [-0.4, -0.2) is 30.0 Å². The number of anilines is 2. The fourth-order valence-electron chi connectivity index (χ4n) is 4.76. The number of nitrogens with zero attached hydrogens (tertiary/aromatic N) is 1. The number of hydrogen-bond donors (Lipinski definition) is 3. The minimum absolute atomic E-state index is 0.154. The van der Waals surface area contributed by atoms with Crippen LogP contribution in [0.5, 0.6) is 0 Å². The molecule has 1 unspecified atom stereocenters. The number of benzene rings is 1. The first-order valence-electron chi connectivity index (χ1n) is 10.7. The first-order valence-corrected chi connectivity index (χ1v) is 11.1. The fourth-order valence-corrected chi connectivity index (χ4v) is 4.87. The van der Waals surface area contributed by atoms with Gasteiger partial charge in [-0.2, -0.15) is 0 Å². The highest BCUT2D eigenvalue weighted by Crippen LogP contribution is 2.36. The molecule has 1 amide bonds. The summed E-state index contributed by atoms with van der Waals surface area (Å²) in [7, 11) is 0. The molecule has 6 heteroatoms.